The first kappa shape index (κ1) is 19.6. The molecule has 0 amide bonds. The summed E-state index contributed by atoms with van der Waals surface area (Å²) in [6.07, 6.45) is 1.35. The highest BCUT2D eigenvalue weighted by atomic mass is 79.9. The molecule has 0 bridgehead atoms. The van der Waals surface area contributed by atoms with Crippen LogP contribution >= 0.6 is 15.9 Å². The van der Waals surface area contributed by atoms with Gasteiger partial charge in [-0.2, -0.15) is 9.41 Å². The third-order valence-electron chi connectivity index (χ3n) is 3.68. The lowest BCUT2D eigenvalue weighted by Gasteiger charge is -2.18. The van der Waals surface area contributed by atoms with Crippen molar-refractivity contribution in [2.45, 2.75) is 25.7 Å². The highest BCUT2D eigenvalue weighted by Gasteiger charge is 2.21. The number of nitrogens with zero attached hydrogens (tertiary/aromatic N) is 3. The normalized spacial score (nSPS) is 12.4. The van der Waals surface area contributed by atoms with Crippen LogP contribution in [0.4, 0.5) is 5.82 Å². The molecule has 6 nitrogen and oxygen atoms in total. The van der Waals surface area contributed by atoms with Crippen LogP contribution in [-0.4, -0.2) is 36.5 Å². The van der Waals surface area contributed by atoms with Crippen LogP contribution < -0.4 is 5.43 Å². The molecule has 0 saturated heterocycles. The Morgan fingerprint density at radius 1 is 1.20 bits per heavy atom. The summed E-state index contributed by atoms with van der Waals surface area (Å²) >= 11 is 3.49. The monoisotopic (exact) mass is 424 g/mol. The lowest BCUT2D eigenvalue weighted by Crippen LogP contribution is -2.30. The Bertz CT molecular complexity index is 847. The van der Waals surface area contributed by atoms with Crippen LogP contribution in [0.5, 0.6) is 0 Å². The minimum atomic E-state index is -3.50. The largest absolute Gasteiger partial charge is 0.261 e. The summed E-state index contributed by atoms with van der Waals surface area (Å²) in [4.78, 5) is 4.32. The van der Waals surface area contributed by atoms with Gasteiger partial charge >= 0.3 is 0 Å². The highest BCUT2D eigenvalue weighted by molar-refractivity contribution is 9.10. The van der Waals surface area contributed by atoms with E-state index in [-0.39, 0.29) is 4.90 Å². The van der Waals surface area contributed by atoms with E-state index < -0.39 is 10.0 Å². The van der Waals surface area contributed by atoms with Gasteiger partial charge in [-0.1, -0.05) is 48.0 Å². The van der Waals surface area contributed by atoms with Crippen LogP contribution in [0.2, 0.25) is 0 Å². The minimum Gasteiger partial charge on any atom is -0.261 e. The second-order valence-corrected chi connectivity index (χ2v) is 8.05. The van der Waals surface area contributed by atoms with Gasteiger partial charge < -0.3 is 0 Å². The van der Waals surface area contributed by atoms with E-state index in [9.17, 15) is 8.42 Å². The molecule has 8 heteroatoms. The van der Waals surface area contributed by atoms with E-state index in [1.807, 2.05) is 45.0 Å². The molecule has 25 heavy (non-hydrogen) atoms. The Morgan fingerprint density at radius 2 is 1.88 bits per heavy atom. The van der Waals surface area contributed by atoms with Crippen molar-refractivity contribution < 1.29 is 8.42 Å². The van der Waals surface area contributed by atoms with Gasteiger partial charge in [-0.3, -0.25) is 5.43 Å². The van der Waals surface area contributed by atoms with Gasteiger partial charge in [0.2, 0.25) is 10.0 Å². The van der Waals surface area contributed by atoms with Gasteiger partial charge in [0.05, 0.1) is 5.71 Å². The summed E-state index contributed by atoms with van der Waals surface area (Å²) in [5.74, 6) is 0.477. The first-order valence-electron chi connectivity index (χ1n) is 7.91. The number of pyridine rings is 1. The number of hydrogen-bond donors (Lipinski definition) is 1. The third kappa shape index (κ3) is 4.65. The first-order valence-corrected chi connectivity index (χ1v) is 10.1. The maximum absolute atomic E-state index is 12.4. The van der Waals surface area contributed by atoms with E-state index in [1.54, 1.807) is 6.07 Å². The van der Waals surface area contributed by atoms with E-state index in [0.717, 1.165) is 15.7 Å². The number of sulfonamides is 1. The molecule has 0 aliphatic rings. The summed E-state index contributed by atoms with van der Waals surface area (Å²) in [6.45, 7) is 6.35. The van der Waals surface area contributed by atoms with Crippen molar-refractivity contribution in [3.63, 3.8) is 0 Å². The first-order chi connectivity index (χ1) is 11.9. The van der Waals surface area contributed by atoms with Crippen molar-refractivity contribution in [3.05, 3.63) is 52.6 Å². The summed E-state index contributed by atoms with van der Waals surface area (Å²) in [6, 6.07) is 10.9. The molecule has 1 aromatic carbocycles. The van der Waals surface area contributed by atoms with E-state index >= 15 is 0 Å². The standard InChI is InChI=1S/C17H21BrN4O2S/c1-4-22(5-2)25(23,24)14-10-11-17(19-12-14)21-20-13(3)15-8-6-7-9-16(15)18/h6-12H,4-5H2,1-3H3,(H,19,21)/b20-13+. The van der Waals surface area contributed by atoms with Crippen LogP contribution in [0.3, 0.4) is 0 Å². The van der Waals surface area contributed by atoms with Crippen LogP contribution in [0, 0.1) is 0 Å². The van der Waals surface area contributed by atoms with Crippen molar-refractivity contribution in [2.75, 3.05) is 18.5 Å². The second-order valence-electron chi connectivity index (χ2n) is 5.26. The Kier molecular flexibility index (Phi) is 6.69. The number of nitrogens with one attached hydrogen (secondary N) is 1. The Balaban J connectivity index is 2.16. The summed E-state index contributed by atoms with van der Waals surface area (Å²) in [5.41, 5.74) is 4.61. The number of anilines is 1. The van der Waals surface area contributed by atoms with Crippen molar-refractivity contribution in [1.82, 2.24) is 9.29 Å². The molecule has 2 rings (SSSR count). The van der Waals surface area contributed by atoms with Gasteiger partial charge in [0.15, 0.2) is 0 Å². The van der Waals surface area contributed by atoms with E-state index in [2.05, 4.69) is 31.4 Å². The molecular weight excluding hydrogens is 404 g/mol. The molecule has 0 unspecified atom stereocenters. The van der Waals surface area contributed by atoms with Crippen molar-refractivity contribution in [1.29, 1.82) is 0 Å². The molecule has 0 atom stereocenters. The van der Waals surface area contributed by atoms with E-state index in [0.29, 0.717) is 18.9 Å². The molecule has 1 aromatic heterocycles. The number of hydrogen-bond acceptors (Lipinski definition) is 5. The molecule has 0 aliphatic carbocycles. The molecule has 2 aromatic rings. The zero-order valence-corrected chi connectivity index (χ0v) is 16.8. The van der Waals surface area contributed by atoms with Crippen LogP contribution in [0.1, 0.15) is 26.3 Å². The number of aromatic nitrogens is 1. The topological polar surface area (TPSA) is 74.7 Å². The third-order valence-corrected chi connectivity index (χ3v) is 6.41. The van der Waals surface area contributed by atoms with Gasteiger partial charge in [-0.25, -0.2) is 13.4 Å². The van der Waals surface area contributed by atoms with Crippen molar-refractivity contribution in [3.8, 4) is 0 Å². The number of rotatable bonds is 7. The predicted molar refractivity (Wildman–Crippen MR) is 104 cm³/mol. The summed E-state index contributed by atoms with van der Waals surface area (Å²) in [7, 11) is -3.50. The average molecular weight is 425 g/mol. The van der Waals surface area contributed by atoms with Gasteiger partial charge in [0.25, 0.3) is 0 Å². The number of halogens is 1. The summed E-state index contributed by atoms with van der Waals surface area (Å²) < 4.78 is 27.2. The molecule has 0 radical (unpaired) electrons. The highest BCUT2D eigenvalue weighted by Crippen LogP contribution is 2.18. The quantitative estimate of drug-likeness (QED) is 0.542. The van der Waals surface area contributed by atoms with Gasteiger partial charge in [-0.05, 0) is 25.1 Å². The molecule has 0 spiro atoms. The Morgan fingerprint density at radius 3 is 2.44 bits per heavy atom. The van der Waals surface area contributed by atoms with Crippen LogP contribution in [0.15, 0.2) is 57.1 Å². The fraction of sp³-hybridized carbons (Fsp3) is 0.294. The maximum Gasteiger partial charge on any atom is 0.244 e. The lowest BCUT2D eigenvalue weighted by molar-refractivity contribution is 0.445. The molecule has 134 valence electrons. The Labute approximate surface area is 157 Å². The molecular formula is C17H21BrN4O2S. The van der Waals surface area contributed by atoms with E-state index in [4.69, 9.17) is 0 Å². The predicted octanol–water partition coefficient (Wildman–Crippen LogP) is 3.71. The fourth-order valence-electron chi connectivity index (χ4n) is 2.27. The lowest BCUT2D eigenvalue weighted by atomic mass is 10.1. The van der Waals surface area contributed by atoms with Crippen molar-refractivity contribution >= 4 is 37.5 Å². The average Bonchev–Trinajstić information content (AvgIpc) is 2.61. The van der Waals surface area contributed by atoms with E-state index in [1.165, 1.54) is 16.6 Å². The van der Waals surface area contributed by atoms with Gasteiger partial charge in [0, 0.05) is 29.3 Å². The SMILES string of the molecule is CCN(CC)S(=O)(=O)c1ccc(N/N=C(\C)c2ccccc2Br)nc1. The molecule has 1 heterocycles. The summed E-state index contributed by atoms with van der Waals surface area (Å²) in [5, 5.41) is 4.30. The van der Waals surface area contributed by atoms with Crippen LogP contribution in [0.25, 0.3) is 0 Å². The number of hydrazone groups is 1. The zero-order chi connectivity index (χ0) is 18.4. The Hall–Kier alpha value is -1.77. The molecule has 0 fully saturated rings. The molecule has 0 aliphatic heterocycles. The molecule has 1 N–H and O–H groups in total. The number of benzene rings is 1. The van der Waals surface area contributed by atoms with Crippen molar-refractivity contribution in [2.24, 2.45) is 5.10 Å². The zero-order valence-electron chi connectivity index (χ0n) is 14.4. The fourth-order valence-corrected chi connectivity index (χ4v) is 4.24. The maximum atomic E-state index is 12.4. The molecule has 0 saturated carbocycles. The smallest absolute Gasteiger partial charge is 0.244 e. The van der Waals surface area contributed by atoms with Gasteiger partial charge in [-0.15, -0.1) is 0 Å². The minimum absolute atomic E-state index is 0.174. The second kappa shape index (κ2) is 8.55. The van der Waals surface area contributed by atoms with Gasteiger partial charge in [0.1, 0.15) is 10.7 Å². The van der Waals surface area contributed by atoms with Crippen LogP contribution in [-0.2, 0) is 10.0 Å².